The first-order valence-electron chi connectivity index (χ1n) is 4.86. The van der Waals surface area contributed by atoms with Crippen molar-refractivity contribution < 1.29 is 4.74 Å². The Kier molecular flexibility index (Phi) is 2.51. The number of amidine groups is 1. The van der Waals surface area contributed by atoms with E-state index in [2.05, 4.69) is 11.9 Å². The van der Waals surface area contributed by atoms with Crippen LogP contribution in [0, 0.1) is 0 Å². The van der Waals surface area contributed by atoms with Crippen molar-refractivity contribution in [1.29, 1.82) is 0 Å². The molecule has 2 aliphatic rings. The first-order chi connectivity index (χ1) is 6.20. The van der Waals surface area contributed by atoms with E-state index in [4.69, 9.17) is 10.5 Å². The van der Waals surface area contributed by atoms with E-state index in [9.17, 15) is 0 Å². The summed E-state index contributed by atoms with van der Waals surface area (Å²) in [5.74, 6) is 1.04. The molecule has 1 saturated heterocycles. The summed E-state index contributed by atoms with van der Waals surface area (Å²) in [6.45, 7) is 2.12. The monoisotopic (exact) mass is 200 g/mol. The lowest BCUT2D eigenvalue weighted by molar-refractivity contribution is -0.117. The van der Waals surface area contributed by atoms with Crippen molar-refractivity contribution in [3.8, 4) is 0 Å². The topological polar surface area (TPSA) is 47.6 Å². The number of rotatable bonds is 0. The second kappa shape index (κ2) is 3.50. The summed E-state index contributed by atoms with van der Waals surface area (Å²) in [4.78, 5) is 4.46. The quantitative estimate of drug-likeness (QED) is 0.647. The zero-order chi connectivity index (χ0) is 9.31. The molecule has 2 N–H and O–H groups in total. The normalized spacial score (nSPS) is 40.4. The van der Waals surface area contributed by atoms with Gasteiger partial charge in [0, 0.05) is 12.2 Å². The summed E-state index contributed by atoms with van der Waals surface area (Å²) in [5.41, 5.74) is 5.46. The number of ether oxygens (including phenoxy) is 1. The van der Waals surface area contributed by atoms with E-state index in [0.717, 1.165) is 25.0 Å². The van der Waals surface area contributed by atoms with Gasteiger partial charge in [-0.25, -0.2) is 4.99 Å². The summed E-state index contributed by atoms with van der Waals surface area (Å²) >= 11 is 1.63. The predicted molar refractivity (Wildman–Crippen MR) is 55.8 cm³/mol. The molecule has 1 fully saturated rings. The van der Waals surface area contributed by atoms with Crippen LogP contribution in [-0.4, -0.2) is 22.7 Å². The van der Waals surface area contributed by atoms with Gasteiger partial charge >= 0.3 is 0 Å². The lowest BCUT2D eigenvalue weighted by Crippen LogP contribution is -2.42. The minimum atomic E-state index is -0.257. The van der Waals surface area contributed by atoms with Crippen LogP contribution < -0.4 is 5.73 Å². The van der Waals surface area contributed by atoms with Crippen molar-refractivity contribution in [1.82, 2.24) is 0 Å². The predicted octanol–water partition coefficient (Wildman–Crippen LogP) is 1.72. The van der Waals surface area contributed by atoms with Gasteiger partial charge in [0.25, 0.3) is 0 Å². The maximum absolute atomic E-state index is 5.90. The van der Waals surface area contributed by atoms with Crippen LogP contribution in [0.4, 0.5) is 0 Å². The zero-order valence-corrected chi connectivity index (χ0v) is 8.77. The summed E-state index contributed by atoms with van der Waals surface area (Å²) < 4.78 is 5.90. The lowest BCUT2D eigenvalue weighted by Gasteiger charge is -2.39. The van der Waals surface area contributed by atoms with Gasteiger partial charge in [-0.2, -0.15) is 0 Å². The highest BCUT2D eigenvalue weighted by atomic mass is 32.2. The van der Waals surface area contributed by atoms with E-state index in [1.165, 1.54) is 6.42 Å². The lowest BCUT2D eigenvalue weighted by atomic mass is 9.97. The SMILES string of the molecule is CC1CCCC2(CCSC(N)=N2)O1. The third kappa shape index (κ3) is 1.99. The molecule has 13 heavy (non-hydrogen) atoms. The molecule has 2 heterocycles. The Morgan fingerprint density at radius 2 is 2.46 bits per heavy atom. The third-order valence-corrected chi connectivity index (χ3v) is 3.45. The van der Waals surface area contributed by atoms with E-state index >= 15 is 0 Å². The summed E-state index contributed by atoms with van der Waals surface area (Å²) in [6, 6.07) is 0. The second-order valence-electron chi connectivity index (χ2n) is 3.82. The third-order valence-electron chi connectivity index (χ3n) is 2.66. The standard InChI is InChI=1S/C9H16N2OS/c1-7-3-2-4-9(12-7)5-6-13-8(10)11-9/h7H,2-6H2,1H3,(H2,10,11). The van der Waals surface area contributed by atoms with Gasteiger partial charge in [0.1, 0.15) is 0 Å². The van der Waals surface area contributed by atoms with Crippen molar-refractivity contribution in [2.45, 2.75) is 44.4 Å². The molecular weight excluding hydrogens is 184 g/mol. The van der Waals surface area contributed by atoms with Crippen LogP contribution in [0.2, 0.25) is 0 Å². The number of hydrogen-bond donors (Lipinski definition) is 1. The summed E-state index contributed by atoms with van der Waals surface area (Å²) in [7, 11) is 0. The van der Waals surface area contributed by atoms with Gasteiger partial charge in [-0.3, -0.25) is 0 Å². The Labute approximate surface area is 83.1 Å². The van der Waals surface area contributed by atoms with E-state index in [1.807, 2.05) is 0 Å². The fourth-order valence-corrected chi connectivity index (χ4v) is 2.89. The first-order valence-corrected chi connectivity index (χ1v) is 5.85. The Hall–Kier alpha value is -0.220. The van der Waals surface area contributed by atoms with Crippen LogP contribution in [-0.2, 0) is 4.74 Å². The van der Waals surface area contributed by atoms with Crippen molar-refractivity contribution in [2.75, 3.05) is 5.75 Å². The van der Waals surface area contributed by atoms with Crippen LogP contribution in [0.25, 0.3) is 0 Å². The minimum absolute atomic E-state index is 0.257. The van der Waals surface area contributed by atoms with E-state index in [-0.39, 0.29) is 5.72 Å². The molecule has 0 aliphatic carbocycles. The van der Waals surface area contributed by atoms with Crippen LogP contribution in [0.3, 0.4) is 0 Å². The van der Waals surface area contributed by atoms with Crippen molar-refractivity contribution in [3.05, 3.63) is 0 Å². The first kappa shape index (κ1) is 9.34. The highest BCUT2D eigenvalue weighted by Crippen LogP contribution is 2.36. The molecule has 0 aromatic rings. The number of aliphatic imine (C=N–C) groups is 1. The zero-order valence-electron chi connectivity index (χ0n) is 7.95. The fourth-order valence-electron chi connectivity index (χ4n) is 2.03. The molecule has 1 spiro atoms. The summed E-state index contributed by atoms with van der Waals surface area (Å²) in [6.07, 6.45) is 4.77. The highest BCUT2D eigenvalue weighted by molar-refractivity contribution is 8.13. The number of hydrogen-bond acceptors (Lipinski definition) is 4. The average molecular weight is 200 g/mol. The maximum atomic E-state index is 5.90. The van der Waals surface area contributed by atoms with Crippen LogP contribution in [0.5, 0.6) is 0 Å². The molecule has 0 saturated carbocycles. The Morgan fingerprint density at radius 1 is 1.62 bits per heavy atom. The van der Waals surface area contributed by atoms with E-state index in [0.29, 0.717) is 11.3 Å². The Morgan fingerprint density at radius 3 is 3.15 bits per heavy atom. The van der Waals surface area contributed by atoms with Gasteiger partial charge < -0.3 is 10.5 Å². The van der Waals surface area contributed by atoms with Crippen LogP contribution in [0.1, 0.15) is 32.6 Å². The van der Waals surface area contributed by atoms with E-state index < -0.39 is 0 Å². The molecule has 74 valence electrons. The molecule has 3 nitrogen and oxygen atoms in total. The smallest absolute Gasteiger partial charge is 0.163 e. The van der Waals surface area contributed by atoms with Crippen LogP contribution in [0.15, 0.2) is 4.99 Å². The van der Waals surface area contributed by atoms with Gasteiger partial charge in [0.2, 0.25) is 0 Å². The Balaban J connectivity index is 2.13. The molecule has 2 unspecified atom stereocenters. The molecule has 0 aromatic heterocycles. The molecule has 2 rings (SSSR count). The van der Waals surface area contributed by atoms with Gasteiger partial charge in [-0.1, -0.05) is 11.8 Å². The Bertz CT molecular complexity index is 232. The maximum Gasteiger partial charge on any atom is 0.163 e. The molecule has 0 radical (unpaired) electrons. The molecule has 2 atom stereocenters. The van der Waals surface area contributed by atoms with E-state index in [1.54, 1.807) is 11.8 Å². The van der Waals surface area contributed by atoms with Crippen molar-refractivity contribution in [2.24, 2.45) is 10.7 Å². The molecule has 0 aromatic carbocycles. The highest BCUT2D eigenvalue weighted by Gasteiger charge is 2.37. The van der Waals surface area contributed by atoms with Gasteiger partial charge in [-0.15, -0.1) is 0 Å². The van der Waals surface area contributed by atoms with Gasteiger partial charge in [-0.05, 0) is 26.2 Å². The minimum Gasteiger partial charge on any atom is -0.378 e. The molecule has 4 heteroatoms. The fraction of sp³-hybridized carbons (Fsp3) is 0.889. The van der Waals surface area contributed by atoms with Crippen molar-refractivity contribution in [3.63, 3.8) is 0 Å². The molecular formula is C9H16N2OS. The number of nitrogens with two attached hydrogens (primary N) is 1. The second-order valence-corrected chi connectivity index (χ2v) is 4.93. The van der Waals surface area contributed by atoms with Crippen molar-refractivity contribution >= 4 is 16.9 Å². The molecule has 0 amide bonds. The summed E-state index contributed by atoms with van der Waals surface area (Å²) in [5, 5.41) is 0.695. The number of nitrogens with zero attached hydrogens (tertiary/aromatic N) is 1. The van der Waals surface area contributed by atoms with Gasteiger partial charge in [0.15, 0.2) is 10.9 Å². The number of thioether (sulfide) groups is 1. The average Bonchev–Trinajstić information content (AvgIpc) is 2.02. The van der Waals surface area contributed by atoms with Gasteiger partial charge in [0.05, 0.1) is 6.10 Å². The molecule has 0 bridgehead atoms. The van der Waals surface area contributed by atoms with Crippen LogP contribution >= 0.6 is 11.8 Å². The largest absolute Gasteiger partial charge is 0.378 e. The molecule has 2 aliphatic heterocycles.